The van der Waals surface area contributed by atoms with Gasteiger partial charge in [0.1, 0.15) is 6.04 Å². The quantitative estimate of drug-likeness (QED) is 0.777. The van der Waals surface area contributed by atoms with Gasteiger partial charge in [-0.2, -0.15) is 5.10 Å². The molecule has 1 aliphatic rings. The van der Waals surface area contributed by atoms with Gasteiger partial charge in [0, 0.05) is 52.4 Å². The topological polar surface area (TPSA) is 70.5 Å². The van der Waals surface area contributed by atoms with Crippen molar-refractivity contribution < 1.29 is 9.59 Å². The first kappa shape index (κ1) is 20.1. The van der Waals surface area contributed by atoms with Crippen LogP contribution in [0.2, 0.25) is 0 Å². The number of benzene rings is 1. The lowest BCUT2D eigenvalue weighted by atomic mass is 10.1. The number of likely N-dealkylation sites (N-methyl/N-ethyl adjacent to an activating group) is 1. The Balaban J connectivity index is 1.56. The van der Waals surface area contributed by atoms with Gasteiger partial charge in [-0.3, -0.25) is 19.2 Å². The average Bonchev–Trinajstić information content (AvgIpc) is 3.15. The highest BCUT2D eigenvalue weighted by molar-refractivity contribution is 5.83. The van der Waals surface area contributed by atoms with Gasteiger partial charge in [-0.05, 0) is 25.0 Å². The second-order valence-electron chi connectivity index (χ2n) is 7.21. The predicted molar refractivity (Wildman–Crippen MR) is 108 cm³/mol. The van der Waals surface area contributed by atoms with E-state index in [9.17, 15) is 9.59 Å². The van der Waals surface area contributed by atoms with E-state index in [0.717, 1.165) is 18.7 Å². The number of aryl methyl sites for hydroxylation is 2. The van der Waals surface area contributed by atoms with Gasteiger partial charge < -0.3 is 10.2 Å². The van der Waals surface area contributed by atoms with Crippen LogP contribution in [0.15, 0.2) is 42.6 Å². The Morgan fingerprint density at radius 2 is 1.93 bits per heavy atom. The molecule has 1 aromatic heterocycles. The second-order valence-corrected chi connectivity index (χ2v) is 7.21. The molecule has 28 heavy (non-hydrogen) atoms. The summed E-state index contributed by atoms with van der Waals surface area (Å²) in [7, 11) is 1.65. The number of carbonyl (C=O) groups excluding carboxylic acids is 2. The van der Waals surface area contributed by atoms with Crippen molar-refractivity contribution in [3.05, 3.63) is 53.9 Å². The minimum absolute atomic E-state index is 0.0340. The Kier molecular flexibility index (Phi) is 6.81. The third-order valence-corrected chi connectivity index (χ3v) is 5.25. The summed E-state index contributed by atoms with van der Waals surface area (Å²) in [5.41, 5.74) is 2.20. The van der Waals surface area contributed by atoms with Crippen LogP contribution in [-0.4, -0.2) is 70.7 Å². The highest BCUT2D eigenvalue weighted by Crippen LogP contribution is 2.13. The molecule has 1 fully saturated rings. The fourth-order valence-electron chi connectivity index (χ4n) is 3.60. The zero-order valence-electron chi connectivity index (χ0n) is 16.7. The molecule has 2 amide bonds. The molecule has 0 unspecified atom stereocenters. The maximum Gasteiger partial charge on any atom is 0.238 e. The van der Waals surface area contributed by atoms with E-state index in [1.54, 1.807) is 11.7 Å². The van der Waals surface area contributed by atoms with Gasteiger partial charge in [0.15, 0.2) is 0 Å². The molecule has 1 aliphatic heterocycles. The van der Waals surface area contributed by atoms with E-state index in [-0.39, 0.29) is 17.9 Å². The molecule has 3 rings (SSSR count). The van der Waals surface area contributed by atoms with E-state index in [0.29, 0.717) is 32.6 Å². The van der Waals surface area contributed by atoms with Crippen LogP contribution in [-0.2, 0) is 22.6 Å². The summed E-state index contributed by atoms with van der Waals surface area (Å²) in [6.07, 6.45) is 3.17. The van der Waals surface area contributed by atoms with E-state index in [2.05, 4.69) is 27.4 Å². The summed E-state index contributed by atoms with van der Waals surface area (Å²) in [5.74, 6) is 0.0398. The molecule has 7 heteroatoms. The zero-order chi connectivity index (χ0) is 19.9. The van der Waals surface area contributed by atoms with Crippen molar-refractivity contribution in [1.82, 2.24) is 24.9 Å². The fraction of sp³-hybridized carbons (Fsp3) is 0.476. The van der Waals surface area contributed by atoms with Gasteiger partial charge in [-0.15, -0.1) is 0 Å². The van der Waals surface area contributed by atoms with Gasteiger partial charge in [0.2, 0.25) is 11.8 Å². The maximum atomic E-state index is 12.7. The van der Waals surface area contributed by atoms with Crippen LogP contribution < -0.4 is 5.32 Å². The number of aromatic nitrogens is 2. The monoisotopic (exact) mass is 383 g/mol. The van der Waals surface area contributed by atoms with Crippen LogP contribution in [0, 0.1) is 6.92 Å². The van der Waals surface area contributed by atoms with Crippen LogP contribution in [0.5, 0.6) is 0 Å². The van der Waals surface area contributed by atoms with Crippen LogP contribution in [0.3, 0.4) is 0 Å². The number of hydrogen-bond acceptors (Lipinski definition) is 4. The van der Waals surface area contributed by atoms with Gasteiger partial charge in [-0.25, -0.2) is 0 Å². The Morgan fingerprint density at radius 3 is 2.61 bits per heavy atom. The van der Waals surface area contributed by atoms with Crippen LogP contribution in [0.25, 0.3) is 0 Å². The summed E-state index contributed by atoms with van der Waals surface area (Å²) in [5, 5.41) is 7.07. The largest absolute Gasteiger partial charge is 0.358 e. The highest BCUT2D eigenvalue weighted by atomic mass is 16.2. The SMILES string of the molecule is CNC(=O)[C@H]1CN(C(=O)CCn2ccc(C)n2)CCN1CCc1ccccc1. The van der Waals surface area contributed by atoms with E-state index in [1.165, 1.54) is 5.56 Å². The standard InChI is InChI=1S/C21H29N5O2/c1-17-8-12-26(23-17)13-10-20(27)25-15-14-24(19(16-25)21(28)22-2)11-9-18-6-4-3-5-7-18/h3-8,12,19H,9-11,13-16H2,1-2H3,(H,22,28)/t19-/m1/s1. The molecule has 150 valence electrons. The number of rotatable bonds is 7. The first-order valence-corrected chi connectivity index (χ1v) is 9.84. The molecule has 7 nitrogen and oxygen atoms in total. The first-order chi connectivity index (χ1) is 13.6. The lowest BCUT2D eigenvalue weighted by Gasteiger charge is -2.40. The smallest absolute Gasteiger partial charge is 0.238 e. The maximum absolute atomic E-state index is 12.7. The van der Waals surface area contributed by atoms with E-state index in [1.807, 2.05) is 42.3 Å². The van der Waals surface area contributed by atoms with Gasteiger partial charge in [0.05, 0.1) is 5.69 Å². The molecule has 0 bridgehead atoms. The molecule has 1 saturated heterocycles. The van der Waals surface area contributed by atoms with Gasteiger partial charge >= 0.3 is 0 Å². The number of amides is 2. The number of piperazine rings is 1. The van der Waals surface area contributed by atoms with E-state index < -0.39 is 0 Å². The van der Waals surface area contributed by atoms with Crippen molar-refractivity contribution in [3.8, 4) is 0 Å². The number of hydrogen-bond donors (Lipinski definition) is 1. The van der Waals surface area contributed by atoms with E-state index in [4.69, 9.17) is 0 Å². The Morgan fingerprint density at radius 1 is 1.14 bits per heavy atom. The molecule has 1 N–H and O–H groups in total. The normalized spacial score (nSPS) is 17.5. The molecule has 0 spiro atoms. The van der Waals surface area contributed by atoms with Crippen molar-refractivity contribution >= 4 is 11.8 Å². The third-order valence-electron chi connectivity index (χ3n) is 5.25. The molecule has 0 radical (unpaired) electrons. The Labute approximate surface area is 166 Å². The summed E-state index contributed by atoms with van der Waals surface area (Å²) < 4.78 is 1.79. The van der Waals surface area contributed by atoms with Crippen molar-refractivity contribution in [2.24, 2.45) is 0 Å². The highest BCUT2D eigenvalue weighted by Gasteiger charge is 2.33. The van der Waals surface area contributed by atoms with E-state index >= 15 is 0 Å². The van der Waals surface area contributed by atoms with Gasteiger partial charge in [0.25, 0.3) is 0 Å². The zero-order valence-corrected chi connectivity index (χ0v) is 16.7. The third kappa shape index (κ3) is 5.19. The summed E-state index contributed by atoms with van der Waals surface area (Å²) >= 11 is 0. The average molecular weight is 383 g/mol. The second kappa shape index (κ2) is 9.50. The molecule has 2 heterocycles. The lowest BCUT2D eigenvalue weighted by Crippen LogP contribution is -2.60. The number of nitrogens with one attached hydrogen (secondary N) is 1. The minimum Gasteiger partial charge on any atom is -0.358 e. The lowest BCUT2D eigenvalue weighted by molar-refractivity contribution is -0.138. The predicted octanol–water partition coefficient (Wildman–Crippen LogP) is 1.08. The molecular weight excluding hydrogens is 354 g/mol. The molecule has 1 atom stereocenters. The molecule has 0 saturated carbocycles. The van der Waals surface area contributed by atoms with Crippen LogP contribution in [0.4, 0.5) is 0 Å². The summed E-state index contributed by atoms with van der Waals surface area (Å²) in [6, 6.07) is 11.9. The van der Waals surface area contributed by atoms with Gasteiger partial charge in [-0.1, -0.05) is 30.3 Å². The number of nitrogens with zero attached hydrogens (tertiary/aromatic N) is 4. The molecule has 1 aromatic carbocycles. The Bertz CT molecular complexity index is 789. The minimum atomic E-state index is -0.307. The van der Waals surface area contributed by atoms with Crippen molar-refractivity contribution in [1.29, 1.82) is 0 Å². The first-order valence-electron chi connectivity index (χ1n) is 9.84. The fourth-order valence-corrected chi connectivity index (χ4v) is 3.60. The molecule has 2 aromatic rings. The summed E-state index contributed by atoms with van der Waals surface area (Å²) in [4.78, 5) is 29.1. The molecular formula is C21H29N5O2. The summed E-state index contributed by atoms with van der Waals surface area (Å²) in [6.45, 7) is 5.09. The van der Waals surface area contributed by atoms with Crippen LogP contribution >= 0.6 is 0 Å². The van der Waals surface area contributed by atoms with Crippen molar-refractivity contribution in [2.75, 3.05) is 33.2 Å². The van der Waals surface area contributed by atoms with Crippen LogP contribution in [0.1, 0.15) is 17.7 Å². The molecule has 0 aliphatic carbocycles. The van der Waals surface area contributed by atoms with Crippen molar-refractivity contribution in [2.45, 2.75) is 32.4 Å². The Hall–Kier alpha value is -2.67. The van der Waals surface area contributed by atoms with Crippen molar-refractivity contribution in [3.63, 3.8) is 0 Å². The number of carbonyl (C=O) groups is 2.